The lowest BCUT2D eigenvalue weighted by atomic mass is 9.97. The first-order chi connectivity index (χ1) is 16.0. The number of hydrogen-bond acceptors (Lipinski definition) is 5. The average Bonchev–Trinajstić information content (AvgIpc) is 2.84. The SMILES string of the molecule is Cc1ccc(CNC(=O)[C@H]2CCCN(c3ccnc(Nc4cccc(C(C)C)c4)n3)C2)cc1. The molecule has 2 aromatic carbocycles. The van der Waals surface area contributed by atoms with Gasteiger partial charge in [-0.2, -0.15) is 4.98 Å². The molecule has 1 aliphatic rings. The molecule has 2 heterocycles. The summed E-state index contributed by atoms with van der Waals surface area (Å²) in [5, 5.41) is 6.43. The summed E-state index contributed by atoms with van der Waals surface area (Å²) >= 11 is 0. The fraction of sp³-hybridized carbons (Fsp3) is 0.370. The summed E-state index contributed by atoms with van der Waals surface area (Å²) in [6, 6.07) is 18.5. The predicted molar refractivity (Wildman–Crippen MR) is 134 cm³/mol. The van der Waals surface area contributed by atoms with Gasteiger partial charge < -0.3 is 15.5 Å². The van der Waals surface area contributed by atoms with Crippen LogP contribution in [0.4, 0.5) is 17.5 Å². The van der Waals surface area contributed by atoms with Gasteiger partial charge >= 0.3 is 0 Å². The monoisotopic (exact) mass is 443 g/mol. The number of amides is 1. The summed E-state index contributed by atoms with van der Waals surface area (Å²) in [6.45, 7) is 8.54. The zero-order valence-corrected chi connectivity index (χ0v) is 19.7. The zero-order chi connectivity index (χ0) is 23.2. The molecule has 4 rings (SSSR count). The predicted octanol–water partition coefficient (Wildman–Crippen LogP) is 5.18. The van der Waals surface area contributed by atoms with Crippen LogP contribution in [-0.4, -0.2) is 29.0 Å². The molecule has 1 atom stereocenters. The highest BCUT2D eigenvalue weighted by Crippen LogP contribution is 2.24. The fourth-order valence-electron chi connectivity index (χ4n) is 4.13. The van der Waals surface area contributed by atoms with Crippen molar-refractivity contribution in [2.45, 2.75) is 46.1 Å². The fourth-order valence-corrected chi connectivity index (χ4v) is 4.13. The van der Waals surface area contributed by atoms with Crippen molar-refractivity contribution in [1.82, 2.24) is 15.3 Å². The van der Waals surface area contributed by atoms with E-state index in [4.69, 9.17) is 4.98 Å². The molecule has 1 amide bonds. The molecule has 1 fully saturated rings. The molecule has 0 unspecified atom stereocenters. The lowest BCUT2D eigenvalue weighted by Gasteiger charge is -2.33. The molecule has 1 aliphatic heterocycles. The Morgan fingerprint density at radius 2 is 1.97 bits per heavy atom. The van der Waals surface area contributed by atoms with Gasteiger partial charge in [0.15, 0.2) is 0 Å². The standard InChI is InChI=1S/C27H33N5O/c1-19(2)22-6-4-8-24(16-22)30-27-28-14-13-25(31-27)32-15-5-7-23(18-32)26(33)29-17-21-11-9-20(3)10-12-21/h4,6,8-14,16,19,23H,5,7,15,17-18H2,1-3H3,(H,29,33)(H,28,30,31)/t23-/m0/s1. The van der Waals surface area contributed by atoms with E-state index < -0.39 is 0 Å². The Morgan fingerprint density at radius 1 is 1.15 bits per heavy atom. The van der Waals surface area contributed by atoms with Crippen molar-refractivity contribution in [2.75, 3.05) is 23.3 Å². The molecule has 33 heavy (non-hydrogen) atoms. The van der Waals surface area contributed by atoms with Gasteiger partial charge in [-0.05, 0) is 55.0 Å². The van der Waals surface area contributed by atoms with E-state index in [9.17, 15) is 4.79 Å². The first kappa shape index (κ1) is 22.8. The van der Waals surface area contributed by atoms with Crippen LogP contribution < -0.4 is 15.5 Å². The number of aryl methyl sites for hydroxylation is 1. The van der Waals surface area contributed by atoms with Gasteiger partial charge in [-0.3, -0.25) is 4.79 Å². The summed E-state index contributed by atoms with van der Waals surface area (Å²) in [5.74, 6) is 1.95. The van der Waals surface area contributed by atoms with Crippen molar-refractivity contribution >= 4 is 23.4 Å². The van der Waals surface area contributed by atoms with Crippen LogP contribution in [0.3, 0.4) is 0 Å². The number of aromatic nitrogens is 2. The Labute approximate surface area is 196 Å². The van der Waals surface area contributed by atoms with Gasteiger partial charge in [-0.25, -0.2) is 4.98 Å². The topological polar surface area (TPSA) is 70.2 Å². The quantitative estimate of drug-likeness (QED) is 0.526. The lowest BCUT2D eigenvalue weighted by molar-refractivity contribution is -0.125. The highest BCUT2D eigenvalue weighted by molar-refractivity contribution is 5.79. The van der Waals surface area contributed by atoms with Crippen LogP contribution in [0.2, 0.25) is 0 Å². The molecule has 0 saturated carbocycles. The number of carbonyl (C=O) groups excluding carboxylic acids is 1. The van der Waals surface area contributed by atoms with Crippen LogP contribution in [0.5, 0.6) is 0 Å². The summed E-state index contributed by atoms with van der Waals surface area (Å²) in [5.41, 5.74) is 4.59. The summed E-state index contributed by atoms with van der Waals surface area (Å²) in [7, 11) is 0. The van der Waals surface area contributed by atoms with Crippen LogP contribution in [0, 0.1) is 12.8 Å². The number of piperidine rings is 1. The van der Waals surface area contributed by atoms with Crippen molar-refractivity contribution in [1.29, 1.82) is 0 Å². The van der Waals surface area contributed by atoms with Gasteiger partial charge in [0, 0.05) is 31.5 Å². The van der Waals surface area contributed by atoms with Gasteiger partial charge in [0.25, 0.3) is 0 Å². The van der Waals surface area contributed by atoms with Gasteiger partial charge in [0.2, 0.25) is 11.9 Å². The first-order valence-corrected chi connectivity index (χ1v) is 11.8. The van der Waals surface area contributed by atoms with Crippen molar-refractivity contribution in [3.05, 3.63) is 77.5 Å². The summed E-state index contributed by atoms with van der Waals surface area (Å²) < 4.78 is 0. The molecule has 0 bridgehead atoms. The Kier molecular flexibility index (Phi) is 7.23. The van der Waals surface area contributed by atoms with E-state index in [0.717, 1.165) is 36.5 Å². The molecule has 6 heteroatoms. The molecule has 0 radical (unpaired) electrons. The second-order valence-electron chi connectivity index (χ2n) is 9.13. The van der Waals surface area contributed by atoms with Gasteiger partial charge in [-0.15, -0.1) is 0 Å². The molecule has 1 saturated heterocycles. The third-order valence-corrected chi connectivity index (χ3v) is 6.15. The maximum atomic E-state index is 12.8. The summed E-state index contributed by atoms with van der Waals surface area (Å²) in [6.07, 6.45) is 3.64. The number of carbonyl (C=O) groups is 1. The minimum absolute atomic E-state index is 0.0432. The highest BCUT2D eigenvalue weighted by atomic mass is 16.1. The minimum Gasteiger partial charge on any atom is -0.356 e. The highest BCUT2D eigenvalue weighted by Gasteiger charge is 2.26. The number of rotatable bonds is 7. The molecule has 1 aromatic heterocycles. The maximum absolute atomic E-state index is 12.8. The van der Waals surface area contributed by atoms with Crippen LogP contribution in [0.1, 0.15) is 49.3 Å². The summed E-state index contributed by atoms with van der Waals surface area (Å²) in [4.78, 5) is 24.2. The second-order valence-corrected chi connectivity index (χ2v) is 9.13. The van der Waals surface area contributed by atoms with E-state index in [0.29, 0.717) is 25.0 Å². The molecule has 2 N–H and O–H groups in total. The zero-order valence-electron chi connectivity index (χ0n) is 19.7. The van der Waals surface area contributed by atoms with Crippen LogP contribution in [0.25, 0.3) is 0 Å². The van der Waals surface area contributed by atoms with Crippen molar-refractivity contribution in [3.8, 4) is 0 Å². The number of hydrogen-bond donors (Lipinski definition) is 2. The molecular formula is C27H33N5O. The van der Waals surface area contributed by atoms with Crippen LogP contribution in [-0.2, 0) is 11.3 Å². The van der Waals surface area contributed by atoms with E-state index in [1.54, 1.807) is 6.20 Å². The molecular weight excluding hydrogens is 410 g/mol. The van der Waals surface area contributed by atoms with Crippen LogP contribution >= 0.6 is 0 Å². The minimum atomic E-state index is -0.0432. The van der Waals surface area contributed by atoms with Crippen molar-refractivity contribution in [3.63, 3.8) is 0 Å². The third-order valence-electron chi connectivity index (χ3n) is 6.15. The number of benzene rings is 2. The lowest BCUT2D eigenvalue weighted by Crippen LogP contribution is -2.43. The van der Waals surface area contributed by atoms with E-state index in [-0.39, 0.29) is 11.8 Å². The molecule has 0 spiro atoms. The molecule has 6 nitrogen and oxygen atoms in total. The Balaban J connectivity index is 1.38. The Morgan fingerprint density at radius 3 is 2.76 bits per heavy atom. The maximum Gasteiger partial charge on any atom is 0.229 e. The largest absolute Gasteiger partial charge is 0.356 e. The van der Waals surface area contributed by atoms with Crippen LogP contribution in [0.15, 0.2) is 60.8 Å². The van der Waals surface area contributed by atoms with E-state index >= 15 is 0 Å². The Hall–Kier alpha value is -3.41. The van der Waals surface area contributed by atoms with Gasteiger partial charge in [0.05, 0.1) is 5.92 Å². The number of nitrogens with one attached hydrogen (secondary N) is 2. The normalized spacial score (nSPS) is 16.0. The van der Waals surface area contributed by atoms with E-state index in [2.05, 4.69) is 77.7 Å². The Bertz CT molecular complexity index is 1080. The first-order valence-electron chi connectivity index (χ1n) is 11.8. The van der Waals surface area contributed by atoms with Crippen molar-refractivity contribution < 1.29 is 4.79 Å². The molecule has 0 aliphatic carbocycles. The van der Waals surface area contributed by atoms with E-state index in [1.165, 1.54) is 11.1 Å². The smallest absolute Gasteiger partial charge is 0.229 e. The number of nitrogens with zero attached hydrogens (tertiary/aromatic N) is 3. The molecule has 3 aromatic rings. The van der Waals surface area contributed by atoms with Gasteiger partial charge in [0.1, 0.15) is 5.82 Å². The van der Waals surface area contributed by atoms with Gasteiger partial charge in [-0.1, -0.05) is 55.8 Å². The number of anilines is 3. The van der Waals surface area contributed by atoms with Crippen molar-refractivity contribution in [2.24, 2.45) is 5.92 Å². The average molecular weight is 444 g/mol. The second kappa shape index (κ2) is 10.5. The third kappa shape index (κ3) is 6.09. The van der Waals surface area contributed by atoms with E-state index in [1.807, 2.05) is 18.2 Å². The molecule has 172 valence electrons.